The van der Waals surface area contributed by atoms with Gasteiger partial charge in [0.05, 0.1) is 10.0 Å². The van der Waals surface area contributed by atoms with Crippen molar-refractivity contribution in [1.29, 1.82) is 0 Å². The van der Waals surface area contributed by atoms with E-state index in [2.05, 4.69) is 0 Å². The van der Waals surface area contributed by atoms with Gasteiger partial charge in [-0.3, -0.25) is 0 Å². The quantitative estimate of drug-likeness (QED) is 0.523. The zero-order valence-corrected chi connectivity index (χ0v) is 10.2. The van der Waals surface area contributed by atoms with Crippen LogP contribution in [0.4, 0.5) is 0 Å². The van der Waals surface area contributed by atoms with E-state index in [0.29, 0.717) is 26.2 Å². The van der Waals surface area contributed by atoms with Crippen LogP contribution in [0, 0.1) is 0 Å². The normalized spacial score (nSPS) is 11.4. The largest absolute Gasteiger partial charge is 0.454 e. The molecule has 0 radical (unpaired) electrons. The van der Waals surface area contributed by atoms with E-state index >= 15 is 0 Å². The SMILES string of the molecule is Clc1ccc2c(c1)oc1c(Cl)ccc(Cl)c12. The lowest BCUT2D eigenvalue weighted by molar-refractivity contribution is 0.669. The number of rotatable bonds is 0. The second kappa shape index (κ2) is 3.56. The summed E-state index contributed by atoms with van der Waals surface area (Å²) in [6.45, 7) is 0. The van der Waals surface area contributed by atoms with Crippen LogP contribution in [0.15, 0.2) is 34.7 Å². The van der Waals surface area contributed by atoms with Crippen LogP contribution in [0.3, 0.4) is 0 Å². The monoisotopic (exact) mass is 270 g/mol. The van der Waals surface area contributed by atoms with Crippen molar-refractivity contribution >= 4 is 56.7 Å². The Morgan fingerprint density at radius 2 is 1.62 bits per heavy atom. The number of halogens is 3. The third-order valence-corrected chi connectivity index (χ3v) is 3.33. The molecule has 1 heterocycles. The predicted octanol–water partition coefficient (Wildman–Crippen LogP) is 5.55. The van der Waals surface area contributed by atoms with Gasteiger partial charge in [0.2, 0.25) is 0 Å². The number of hydrogen-bond donors (Lipinski definition) is 0. The number of fused-ring (bicyclic) bond motifs is 3. The topological polar surface area (TPSA) is 13.1 Å². The van der Waals surface area contributed by atoms with E-state index in [1.54, 1.807) is 24.3 Å². The van der Waals surface area contributed by atoms with Crippen molar-refractivity contribution in [3.05, 3.63) is 45.4 Å². The smallest absolute Gasteiger partial charge is 0.155 e. The molecule has 3 aromatic rings. The molecule has 0 N–H and O–H groups in total. The van der Waals surface area contributed by atoms with Crippen LogP contribution >= 0.6 is 34.8 Å². The molecule has 1 nitrogen and oxygen atoms in total. The molecule has 0 aliphatic rings. The molecule has 3 rings (SSSR count). The lowest BCUT2D eigenvalue weighted by Gasteiger charge is -1.94. The summed E-state index contributed by atoms with van der Waals surface area (Å²) in [5.74, 6) is 0. The minimum absolute atomic E-state index is 0.548. The van der Waals surface area contributed by atoms with Gasteiger partial charge in [-0.2, -0.15) is 0 Å². The van der Waals surface area contributed by atoms with Gasteiger partial charge in [-0.25, -0.2) is 0 Å². The van der Waals surface area contributed by atoms with E-state index in [9.17, 15) is 0 Å². The van der Waals surface area contributed by atoms with Crippen LogP contribution in [0.2, 0.25) is 15.1 Å². The fourth-order valence-corrected chi connectivity index (χ4v) is 2.39. The molecule has 0 aliphatic heterocycles. The Hall–Kier alpha value is -0.890. The highest BCUT2D eigenvalue weighted by Crippen LogP contribution is 2.38. The van der Waals surface area contributed by atoms with Crippen LogP contribution in [0.25, 0.3) is 21.9 Å². The summed E-state index contributed by atoms with van der Waals surface area (Å²) in [7, 11) is 0. The van der Waals surface area contributed by atoms with Gasteiger partial charge in [0.15, 0.2) is 5.58 Å². The molecular formula is C12H5Cl3O. The average Bonchev–Trinajstić information content (AvgIpc) is 2.63. The molecule has 0 fully saturated rings. The number of furan rings is 1. The van der Waals surface area contributed by atoms with E-state index < -0.39 is 0 Å². The third-order valence-electron chi connectivity index (χ3n) is 2.48. The molecule has 80 valence electrons. The van der Waals surface area contributed by atoms with E-state index in [4.69, 9.17) is 39.2 Å². The highest BCUT2D eigenvalue weighted by molar-refractivity contribution is 6.42. The second-order valence-electron chi connectivity index (χ2n) is 3.48. The Morgan fingerprint density at radius 3 is 2.44 bits per heavy atom. The number of hydrogen-bond acceptors (Lipinski definition) is 1. The standard InChI is InChI=1S/C12H5Cl3O/c13-6-1-2-7-10(5-6)16-12-9(15)4-3-8(14)11(7)12/h1-5H. The van der Waals surface area contributed by atoms with Crippen LogP contribution < -0.4 is 0 Å². The molecule has 0 saturated carbocycles. The summed E-state index contributed by atoms with van der Waals surface area (Å²) in [4.78, 5) is 0. The molecule has 0 unspecified atom stereocenters. The second-order valence-corrected chi connectivity index (χ2v) is 4.73. The molecule has 0 atom stereocenters. The van der Waals surface area contributed by atoms with Gasteiger partial charge < -0.3 is 4.42 Å². The van der Waals surface area contributed by atoms with Gasteiger partial charge in [-0.05, 0) is 24.3 Å². The summed E-state index contributed by atoms with van der Waals surface area (Å²) in [5, 5.41) is 3.55. The van der Waals surface area contributed by atoms with Crippen molar-refractivity contribution in [3.8, 4) is 0 Å². The molecule has 0 amide bonds. The van der Waals surface area contributed by atoms with Gasteiger partial charge in [0, 0.05) is 21.9 Å². The van der Waals surface area contributed by atoms with Gasteiger partial charge >= 0.3 is 0 Å². The Morgan fingerprint density at radius 1 is 0.875 bits per heavy atom. The Bertz CT molecular complexity index is 700. The van der Waals surface area contributed by atoms with Gasteiger partial charge in [0.1, 0.15) is 5.58 Å². The summed E-state index contributed by atoms with van der Waals surface area (Å²) in [6.07, 6.45) is 0. The van der Waals surface area contributed by atoms with E-state index in [1.807, 2.05) is 6.07 Å². The molecule has 2 aromatic carbocycles. The fraction of sp³-hybridized carbons (Fsp3) is 0. The van der Waals surface area contributed by atoms with Crippen molar-refractivity contribution in [2.75, 3.05) is 0 Å². The zero-order valence-electron chi connectivity index (χ0n) is 7.93. The summed E-state index contributed by atoms with van der Waals surface area (Å²) >= 11 is 18.1. The third kappa shape index (κ3) is 1.40. The van der Waals surface area contributed by atoms with Crippen molar-refractivity contribution in [1.82, 2.24) is 0 Å². The highest BCUT2D eigenvalue weighted by atomic mass is 35.5. The molecule has 0 aliphatic carbocycles. The van der Waals surface area contributed by atoms with Crippen molar-refractivity contribution in [3.63, 3.8) is 0 Å². The maximum atomic E-state index is 6.14. The first-order chi connectivity index (χ1) is 7.66. The molecule has 16 heavy (non-hydrogen) atoms. The molecular weight excluding hydrogens is 266 g/mol. The summed E-state index contributed by atoms with van der Waals surface area (Å²) < 4.78 is 5.64. The predicted molar refractivity (Wildman–Crippen MR) is 68.8 cm³/mol. The maximum absolute atomic E-state index is 6.14. The van der Waals surface area contributed by atoms with Gasteiger partial charge in [-0.15, -0.1) is 0 Å². The Balaban J connectivity index is 2.60. The fourth-order valence-electron chi connectivity index (χ4n) is 1.78. The van der Waals surface area contributed by atoms with Crippen molar-refractivity contribution < 1.29 is 4.42 Å². The first-order valence-electron chi connectivity index (χ1n) is 4.62. The molecule has 0 bridgehead atoms. The van der Waals surface area contributed by atoms with E-state index in [1.165, 1.54) is 0 Å². The van der Waals surface area contributed by atoms with Crippen LogP contribution in [0.1, 0.15) is 0 Å². The summed E-state index contributed by atoms with van der Waals surface area (Å²) in [6, 6.07) is 8.91. The average molecular weight is 272 g/mol. The Kier molecular flexibility index (Phi) is 2.28. The first kappa shape index (κ1) is 10.3. The molecule has 4 heteroatoms. The van der Waals surface area contributed by atoms with E-state index in [0.717, 1.165) is 10.8 Å². The lowest BCUT2D eigenvalue weighted by Crippen LogP contribution is -1.70. The lowest BCUT2D eigenvalue weighted by atomic mass is 10.1. The molecule has 1 aromatic heterocycles. The number of benzene rings is 2. The minimum atomic E-state index is 0.548. The van der Waals surface area contributed by atoms with Gasteiger partial charge in [-0.1, -0.05) is 34.8 Å². The van der Waals surface area contributed by atoms with Crippen LogP contribution in [-0.4, -0.2) is 0 Å². The minimum Gasteiger partial charge on any atom is -0.454 e. The van der Waals surface area contributed by atoms with E-state index in [-0.39, 0.29) is 0 Å². The first-order valence-corrected chi connectivity index (χ1v) is 5.76. The van der Waals surface area contributed by atoms with Crippen LogP contribution in [0.5, 0.6) is 0 Å². The highest BCUT2D eigenvalue weighted by Gasteiger charge is 2.13. The van der Waals surface area contributed by atoms with Crippen LogP contribution in [-0.2, 0) is 0 Å². The Labute approximate surface area is 106 Å². The maximum Gasteiger partial charge on any atom is 0.155 e. The van der Waals surface area contributed by atoms with Gasteiger partial charge in [0.25, 0.3) is 0 Å². The molecule has 0 saturated heterocycles. The zero-order chi connectivity index (χ0) is 11.3. The molecule has 0 spiro atoms. The summed E-state index contributed by atoms with van der Waals surface area (Å²) in [5.41, 5.74) is 1.30. The van der Waals surface area contributed by atoms with Crippen molar-refractivity contribution in [2.24, 2.45) is 0 Å². The van der Waals surface area contributed by atoms with Crippen molar-refractivity contribution in [2.45, 2.75) is 0 Å².